The fourth-order valence-corrected chi connectivity index (χ4v) is 2.67. The Bertz CT molecular complexity index is 804. The molecule has 2 aromatic rings. The number of carbonyl (C=O) groups excluding carboxylic acids is 2. The molecule has 3 rings (SSSR count). The third kappa shape index (κ3) is 2.70. The lowest BCUT2D eigenvalue weighted by molar-refractivity contribution is 0.101. The standard InChI is InChI=1S/C17H16N2O3/c1-10(20)11-5-7-13(8-6-11)18-16(21)14-9-12-3-2-4-15(12)19-17(14)22/h5-9H,2-4H2,1H3,(H,18,21)(H,19,22). The number of amides is 1. The van der Waals surface area contributed by atoms with Gasteiger partial charge in [-0.2, -0.15) is 0 Å². The summed E-state index contributed by atoms with van der Waals surface area (Å²) in [4.78, 5) is 38.3. The summed E-state index contributed by atoms with van der Waals surface area (Å²) >= 11 is 0. The molecule has 1 aromatic carbocycles. The van der Waals surface area contributed by atoms with Crippen molar-refractivity contribution in [1.82, 2.24) is 4.98 Å². The van der Waals surface area contributed by atoms with Crippen LogP contribution in [0.4, 0.5) is 5.69 Å². The van der Waals surface area contributed by atoms with Crippen LogP contribution in [0.2, 0.25) is 0 Å². The first-order chi connectivity index (χ1) is 10.5. The molecule has 0 bridgehead atoms. The van der Waals surface area contributed by atoms with Crippen molar-refractivity contribution in [3.63, 3.8) is 0 Å². The van der Waals surface area contributed by atoms with Crippen molar-refractivity contribution in [2.75, 3.05) is 5.32 Å². The van der Waals surface area contributed by atoms with E-state index in [4.69, 9.17) is 0 Å². The third-order valence-electron chi connectivity index (χ3n) is 3.88. The van der Waals surface area contributed by atoms with Gasteiger partial charge in [-0.3, -0.25) is 14.4 Å². The molecule has 0 atom stereocenters. The molecular formula is C17H16N2O3. The van der Waals surface area contributed by atoms with E-state index in [0.717, 1.165) is 30.5 Å². The van der Waals surface area contributed by atoms with Crippen molar-refractivity contribution >= 4 is 17.4 Å². The second-order valence-corrected chi connectivity index (χ2v) is 5.46. The molecule has 5 heteroatoms. The summed E-state index contributed by atoms with van der Waals surface area (Å²) < 4.78 is 0. The summed E-state index contributed by atoms with van der Waals surface area (Å²) in [5.74, 6) is -0.473. The number of nitrogens with one attached hydrogen (secondary N) is 2. The highest BCUT2D eigenvalue weighted by Crippen LogP contribution is 2.19. The smallest absolute Gasteiger partial charge is 0.261 e. The van der Waals surface area contributed by atoms with Gasteiger partial charge in [-0.15, -0.1) is 0 Å². The van der Waals surface area contributed by atoms with Crippen molar-refractivity contribution in [2.45, 2.75) is 26.2 Å². The van der Waals surface area contributed by atoms with Gasteiger partial charge in [0.15, 0.2) is 5.78 Å². The summed E-state index contributed by atoms with van der Waals surface area (Å²) in [6, 6.07) is 8.27. The normalized spacial score (nSPS) is 12.8. The molecule has 1 aliphatic carbocycles. The Hall–Kier alpha value is -2.69. The van der Waals surface area contributed by atoms with Gasteiger partial charge >= 0.3 is 0 Å². The van der Waals surface area contributed by atoms with Crippen LogP contribution in [0.1, 0.15) is 45.3 Å². The number of Topliss-reactive ketones (excluding diaryl/α,β-unsaturated/α-hetero) is 1. The van der Waals surface area contributed by atoms with Crippen LogP contribution in [0.25, 0.3) is 0 Å². The van der Waals surface area contributed by atoms with Gasteiger partial charge in [0.05, 0.1) is 0 Å². The minimum absolute atomic E-state index is 0.0343. The van der Waals surface area contributed by atoms with Crippen molar-refractivity contribution in [3.8, 4) is 0 Å². The third-order valence-corrected chi connectivity index (χ3v) is 3.88. The Morgan fingerprint density at radius 2 is 1.86 bits per heavy atom. The first kappa shape index (κ1) is 14.3. The molecule has 0 radical (unpaired) electrons. The number of aromatic amines is 1. The van der Waals surface area contributed by atoms with E-state index >= 15 is 0 Å². The lowest BCUT2D eigenvalue weighted by Crippen LogP contribution is -2.24. The van der Waals surface area contributed by atoms with Crippen LogP contribution in [-0.4, -0.2) is 16.7 Å². The molecule has 5 nitrogen and oxygen atoms in total. The fraction of sp³-hybridized carbons (Fsp3) is 0.235. The van der Waals surface area contributed by atoms with E-state index in [-0.39, 0.29) is 16.9 Å². The predicted octanol–water partition coefficient (Wildman–Crippen LogP) is 2.32. The van der Waals surface area contributed by atoms with Crippen LogP contribution < -0.4 is 10.9 Å². The zero-order valence-electron chi connectivity index (χ0n) is 12.2. The highest BCUT2D eigenvalue weighted by atomic mass is 16.2. The zero-order valence-corrected chi connectivity index (χ0v) is 12.2. The Labute approximate surface area is 127 Å². The highest BCUT2D eigenvalue weighted by Gasteiger charge is 2.18. The number of aryl methyl sites for hydroxylation is 2. The number of ketones is 1. The summed E-state index contributed by atoms with van der Waals surface area (Å²) in [6.07, 6.45) is 2.75. The van der Waals surface area contributed by atoms with Gasteiger partial charge in [0, 0.05) is 16.9 Å². The van der Waals surface area contributed by atoms with Crippen molar-refractivity contribution < 1.29 is 9.59 Å². The number of fused-ring (bicyclic) bond motifs is 1. The molecule has 0 unspecified atom stereocenters. The van der Waals surface area contributed by atoms with E-state index < -0.39 is 5.91 Å². The van der Waals surface area contributed by atoms with E-state index in [1.54, 1.807) is 30.3 Å². The molecule has 2 N–H and O–H groups in total. The van der Waals surface area contributed by atoms with Crippen LogP contribution in [-0.2, 0) is 12.8 Å². The number of carbonyl (C=O) groups is 2. The maximum absolute atomic E-state index is 12.3. The van der Waals surface area contributed by atoms with Gasteiger partial charge < -0.3 is 10.3 Å². The van der Waals surface area contributed by atoms with E-state index in [9.17, 15) is 14.4 Å². The molecule has 1 heterocycles. The second kappa shape index (κ2) is 5.60. The molecule has 1 aliphatic rings. The summed E-state index contributed by atoms with van der Waals surface area (Å²) in [5, 5.41) is 2.69. The van der Waals surface area contributed by atoms with Crippen molar-refractivity contribution in [3.05, 3.63) is 63.1 Å². The molecule has 1 aromatic heterocycles. The van der Waals surface area contributed by atoms with E-state index in [1.807, 2.05) is 0 Å². The molecule has 0 aliphatic heterocycles. The molecule has 112 valence electrons. The average molecular weight is 296 g/mol. The minimum atomic E-state index is -0.438. The summed E-state index contributed by atoms with van der Waals surface area (Å²) in [5.41, 5.74) is 2.86. The molecule has 0 saturated heterocycles. The Kier molecular flexibility index (Phi) is 3.63. The number of anilines is 1. The van der Waals surface area contributed by atoms with Gasteiger partial charge in [-0.25, -0.2) is 0 Å². The Morgan fingerprint density at radius 1 is 1.14 bits per heavy atom. The van der Waals surface area contributed by atoms with Gasteiger partial charge in [-0.05, 0) is 62.1 Å². The quantitative estimate of drug-likeness (QED) is 0.853. The number of hydrogen-bond donors (Lipinski definition) is 2. The largest absolute Gasteiger partial charge is 0.325 e. The van der Waals surface area contributed by atoms with Crippen LogP contribution in [0.15, 0.2) is 35.1 Å². The highest BCUT2D eigenvalue weighted by molar-refractivity contribution is 6.04. The molecule has 0 spiro atoms. The van der Waals surface area contributed by atoms with Crippen LogP contribution >= 0.6 is 0 Å². The van der Waals surface area contributed by atoms with E-state index in [1.165, 1.54) is 6.92 Å². The molecule has 0 fully saturated rings. The molecule has 1 amide bonds. The second-order valence-electron chi connectivity index (χ2n) is 5.46. The number of aromatic nitrogens is 1. The number of pyridine rings is 1. The topological polar surface area (TPSA) is 79.0 Å². The van der Waals surface area contributed by atoms with Crippen molar-refractivity contribution in [2.24, 2.45) is 0 Å². The maximum Gasteiger partial charge on any atom is 0.261 e. The van der Waals surface area contributed by atoms with Crippen LogP contribution in [0.5, 0.6) is 0 Å². The first-order valence-electron chi connectivity index (χ1n) is 7.22. The first-order valence-corrected chi connectivity index (χ1v) is 7.22. The van der Waals surface area contributed by atoms with Gasteiger partial charge in [0.25, 0.3) is 11.5 Å². The summed E-state index contributed by atoms with van der Waals surface area (Å²) in [6.45, 7) is 1.48. The van der Waals surface area contributed by atoms with Gasteiger partial charge in [0.1, 0.15) is 5.56 Å². The Balaban J connectivity index is 1.83. The lowest BCUT2D eigenvalue weighted by Gasteiger charge is -2.07. The number of hydrogen-bond acceptors (Lipinski definition) is 3. The van der Waals surface area contributed by atoms with Crippen LogP contribution in [0, 0.1) is 0 Å². The molecule has 22 heavy (non-hydrogen) atoms. The maximum atomic E-state index is 12.3. The predicted molar refractivity (Wildman–Crippen MR) is 83.5 cm³/mol. The fourth-order valence-electron chi connectivity index (χ4n) is 2.67. The van der Waals surface area contributed by atoms with E-state index in [2.05, 4.69) is 10.3 Å². The monoisotopic (exact) mass is 296 g/mol. The molecule has 0 saturated carbocycles. The minimum Gasteiger partial charge on any atom is -0.325 e. The number of rotatable bonds is 3. The van der Waals surface area contributed by atoms with Crippen molar-refractivity contribution in [1.29, 1.82) is 0 Å². The van der Waals surface area contributed by atoms with E-state index in [0.29, 0.717) is 11.3 Å². The Morgan fingerprint density at radius 3 is 2.55 bits per heavy atom. The lowest BCUT2D eigenvalue weighted by atomic mass is 10.1. The average Bonchev–Trinajstić information content (AvgIpc) is 2.94. The zero-order chi connectivity index (χ0) is 15.7. The van der Waals surface area contributed by atoms with Gasteiger partial charge in [0.2, 0.25) is 0 Å². The van der Waals surface area contributed by atoms with Crippen LogP contribution in [0.3, 0.4) is 0 Å². The van der Waals surface area contributed by atoms with Gasteiger partial charge in [-0.1, -0.05) is 0 Å². The summed E-state index contributed by atoms with van der Waals surface area (Å²) in [7, 11) is 0. The number of benzene rings is 1. The molecular weight excluding hydrogens is 280 g/mol. The SMILES string of the molecule is CC(=O)c1ccc(NC(=O)c2cc3c([nH]c2=O)CCC3)cc1. The number of H-pyrrole nitrogens is 1.